The molecule has 12 heteroatoms. The lowest BCUT2D eigenvalue weighted by Gasteiger charge is -2.38. The van der Waals surface area contributed by atoms with E-state index in [1.165, 1.54) is 12.0 Å². The maximum absolute atomic E-state index is 15.3. The minimum Gasteiger partial charge on any atom is -0.455 e. The molecule has 300 valence electrons. The molecule has 2 saturated heterocycles. The van der Waals surface area contributed by atoms with E-state index >= 15 is 9.59 Å². The van der Waals surface area contributed by atoms with Gasteiger partial charge in [0.25, 0.3) is 5.91 Å². The molecule has 3 amide bonds. The topological polar surface area (TPSA) is 138 Å². The van der Waals surface area contributed by atoms with Crippen LogP contribution in [0.15, 0.2) is 109 Å². The summed E-state index contributed by atoms with van der Waals surface area (Å²) >= 11 is 0. The van der Waals surface area contributed by atoms with Gasteiger partial charge < -0.3 is 39.3 Å². The number of aliphatic hydroxyl groups is 1. The van der Waals surface area contributed by atoms with Gasteiger partial charge in [0.1, 0.15) is 23.7 Å². The minimum absolute atomic E-state index is 0.0573. The van der Waals surface area contributed by atoms with Gasteiger partial charge in [-0.2, -0.15) is 0 Å². The number of fused-ring (bicyclic) bond motifs is 2. The molecule has 3 aromatic carbocycles. The number of nitrogens with zero attached hydrogens (tertiary/aromatic N) is 3. The van der Waals surface area contributed by atoms with Crippen molar-refractivity contribution < 1.29 is 38.5 Å². The molecular weight excluding hydrogens is 725 g/mol. The van der Waals surface area contributed by atoms with Crippen LogP contribution in [0.5, 0.6) is 0 Å². The number of likely N-dealkylation sites (tertiary alicyclic amines) is 1. The molecule has 7 rings (SSSR count). The third kappa shape index (κ3) is 7.73. The van der Waals surface area contributed by atoms with Crippen LogP contribution in [0.1, 0.15) is 43.9 Å². The van der Waals surface area contributed by atoms with Gasteiger partial charge >= 0.3 is 5.97 Å². The second-order valence-corrected chi connectivity index (χ2v) is 15.0. The highest BCUT2D eigenvalue weighted by molar-refractivity contribution is 6.05. The monoisotopic (exact) mass is 776 g/mol. The molecule has 2 fully saturated rings. The van der Waals surface area contributed by atoms with Gasteiger partial charge in [0, 0.05) is 44.5 Å². The van der Waals surface area contributed by atoms with Crippen molar-refractivity contribution in [3.63, 3.8) is 0 Å². The third-order valence-electron chi connectivity index (χ3n) is 11.7. The van der Waals surface area contributed by atoms with E-state index in [9.17, 15) is 14.7 Å². The van der Waals surface area contributed by atoms with E-state index in [4.69, 9.17) is 14.2 Å². The zero-order chi connectivity index (χ0) is 40.1. The van der Waals surface area contributed by atoms with Gasteiger partial charge in [0.05, 0.1) is 37.3 Å². The van der Waals surface area contributed by atoms with Crippen molar-refractivity contribution in [1.29, 1.82) is 0 Å². The summed E-state index contributed by atoms with van der Waals surface area (Å²) in [4.78, 5) is 63.9. The molecule has 1 spiro atoms. The third-order valence-corrected chi connectivity index (χ3v) is 11.7. The van der Waals surface area contributed by atoms with E-state index in [0.717, 1.165) is 24.3 Å². The first-order valence-corrected chi connectivity index (χ1v) is 19.9. The highest BCUT2D eigenvalue weighted by Crippen LogP contribution is 2.54. The van der Waals surface area contributed by atoms with Crippen molar-refractivity contribution in [1.82, 2.24) is 10.2 Å². The number of ether oxygens (including phenoxy) is 3. The first kappa shape index (κ1) is 39.9. The lowest BCUT2D eigenvalue weighted by Crippen LogP contribution is -2.58. The zero-order valence-electron chi connectivity index (χ0n) is 32.7. The van der Waals surface area contributed by atoms with Crippen molar-refractivity contribution in [3.05, 3.63) is 120 Å². The van der Waals surface area contributed by atoms with Gasteiger partial charge in [-0.15, -0.1) is 0 Å². The van der Waals surface area contributed by atoms with E-state index in [-0.39, 0.29) is 37.8 Å². The quantitative estimate of drug-likeness (QED) is 0.215. The summed E-state index contributed by atoms with van der Waals surface area (Å²) in [5.74, 6) is -4.14. The van der Waals surface area contributed by atoms with Crippen molar-refractivity contribution in [3.8, 4) is 0 Å². The van der Waals surface area contributed by atoms with E-state index < -0.39 is 66.3 Å². The molecule has 3 aromatic rings. The average Bonchev–Trinajstić information content (AvgIpc) is 3.62. The van der Waals surface area contributed by atoms with Crippen LogP contribution in [0.25, 0.3) is 0 Å². The number of aliphatic hydroxyl groups excluding tert-OH is 1. The highest BCUT2D eigenvalue weighted by atomic mass is 16.6. The lowest BCUT2D eigenvalue weighted by molar-refractivity contribution is -0.162. The van der Waals surface area contributed by atoms with Crippen LogP contribution in [0.3, 0.4) is 0 Å². The van der Waals surface area contributed by atoms with Gasteiger partial charge in [-0.3, -0.25) is 19.2 Å². The number of esters is 1. The van der Waals surface area contributed by atoms with Crippen LogP contribution in [-0.4, -0.2) is 103 Å². The maximum Gasteiger partial charge on any atom is 0.313 e. The fourth-order valence-corrected chi connectivity index (χ4v) is 9.02. The van der Waals surface area contributed by atoms with Gasteiger partial charge in [-0.25, -0.2) is 0 Å². The second kappa shape index (κ2) is 17.5. The van der Waals surface area contributed by atoms with Gasteiger partial charge in [-0.1, -0.05) is 85.0 Å². The number of carbonyl (C=O) groups is 4. The Labute approximate surface area is 334 Å². The number of hydrogen-bond donors (Lipinski definition) is 2. The normalized spacial score (nSPS) is 28.6. The number of cyclic esters (lactones) is 1. The van der Waals surface area contributed by atoms with E-state index in [1.807, 2.05) is 91.0 Å². The largest absolute Gasteiger partial charge is 0.455 e. The Hall–Kier alpha value is -5.30. The summed E-state index contributed by atoms with van der Waals surface area (Å²) in [6.07, 6.45) is 5.95. The van der Waals surface area contributed by atoms with Crippen molar-refractivity contribution in [2.45, 2.75) is 69.0 Å². The number of benzene rings is 3. The first-order chi connectivity index (χ1) is 27.7. The average molecular weight is 777 g/mol. The van der Waals surface area contributed by atoms with Crippen LogP contribution in [0, 0.1) is 11.8 Å². The Morgan fingerprint density at radius 2 is 1.63 bits per heavy atom. The zero-order valence-corrected chi connectivity index (χ0v) is 32.7. The molecule has 12 nitrogen and oxygen atoms in total. The first-order valence-electron chi connectivity index (χ1n) is 19.9. The molecule has 0 aromatic heterocycles. The summed E-state index contributed by atoms with van der Waals surface area (Å²) in [5, 5.41) is 14.0. The van der Waals surface area contributed by atoms with Gasteiger partial charge in [0.2, 0.25) is 11.8 Å². The number of methoxy groups -OCH3 is 1. The van der Waals surface area contributed by atoms with Crippen LogP contribution in [-0.2, 0) is 39.8 Å². The number of nitrogens with one attached hydrogen (secondary N) is 1. The second-order valence-electron chi connectivity index (χ2n) is 15.0. The molecule has 0 saturated carbocycles. The summed E-state index contributed by atoms with van der Waals surface area (Å²) in [6, 6.07) is 23.6. The smallest absolute Gasteiger partial charge is 0.313 e. The molecule has 2 N–H and O–H groups in total. The molecule has 0 unspecified atom stereocenters. The Morgan fingerprint density at radius 1 is 0.930 bits per heavy atom. The SMILES string of the molecule is CCN(CC)c1ccc(N2CC=C[C@]34O[C@@H]5/C=C\CCC(=O)N[C@H](COC)[C@@H](c6ccccc6)OC(=O)[C@@H]5[C@H]3C(=O)N([C@@H](CO)Cc3ccccc3)[C@@H]4C2=O)cc1. The standard InChI is InChI=1S/C45H52N4O8/c1-4-47(5-2)32-21-23-33(24-22-32)48-26-14-25-45-39(42(52)49(41(45)43(48)53)34(28-50)27-30-15-8-6-9-16-30)38-36(57-45)19-12-13-20-37(51)46-35(29-55-3)40(56-44(38)54)31-17-10-7-11-18-31/h6-12,14-19,21-25,34-36,38-41,50H,4-5,13,20,26-29H2,1-3H3,(H,46,51)/b19-12-/t34-,35-,36-,38+,39+,40-,41-,45+/m1/s1. The van der Waals surface area contributed by atoms with Gasteiger partial charge in [0.15, 0.2) is 0 Å². The highest BCUT2D eigenvalue weighted by Gasteiger charge is 2.72. The lowest BCUT2D eigenvalue weighted by atomic mass is 9.77. The van der Waals surface area contributed by atoms with Crippen LogP contribution < -0.4 is 15.1 Å². The number of anilines is 2. The van der Waals surface area contributed by atoms with E-state index in [1.54, 1.807) is 23.1 Å². The maximum atomic E-state index is 15.3. The number of allylic oxidation sites excluding steroid dienone is 1. The summed E-state index contributed by atoms with van der Waals surface area (Å²) < 4.78 is 18.9. The molecule has 4 aliphatic rings. The van der Waals surface area contributed by atoms with Crippen molar-refractivity contribution in [2.24, 2.45) is 11.8 Å². The Balaban J connectivity index is 1.33. The van der Waals surface area contributed by atoms with Crippen LogP contribution in [0.2, 0.25) is 0 Å². The Kier molecular flexibility index (Phi) is 12.2. The summed E-state index contributed by atoms with van der Waals surface area (Å²) in [6.45, 7) is 5.66. The summed E-state index contributed by atoms with van der Waals surface area (Å²) in [7, 11) is 1.51. The fraction of sp³-hybridized carbons (Fsp3) is 0.422. The van der Waals surface area contributed by atoms with Crippen LogP contribution >= 0.6 is 0 Å². The molecule has 8 atom stereocenters. The number of amides is 3. The van der Waals surface area contributed by atoms with Crippen LogP contribution in [0.4, 0.5) is 11.4 Å². The Morgan fingerprint density at radius 3 is 2.30 bits per heavy atom. The number of hydrogen-bond acceptors (Lipinski definition) is 9. The molecular formula is C45H52N4O8. The number of carbonyl (C=O) groups excluding carboxylic acids is 4. The molecule has 4 heterocycles. The molecule has 0 bridgehead atoms. The van der Waals surface area contributed by atoms with Crippen molar-refractivity contribution in [2.75, 3.05) is 49.8 Å². The minimum atomic E-state index is -1.59. The Bertz CT molecular complexity index is 1950. The number of rotatable bonds is 11. The van der Waals surface area contributed by atoms with E-state index in [0.29, 0.717) is 17.7 Å². The van der Waals surface area contributed by atoms with Gasteiger partial charge in [-0.05, 0) is 62.1 Å². The summed E-state index contributed by atoms with van der Waals surface area (Å²) in [5.41, 5.74) is 1.60. The fourth-order valence-electron chi connectivity index (χ4n) is 9.02. The predicted molar refractivity (Wildman–Crippen MR) is 215 cm³/mol. The molecule has 0 aliphatic carbocycles. The predicted octanol–water partition coefficient (Wildman–Crippen LogP) is 4.39. The van der Waals surface area contributed by atoms with E-state index in [2.05, 4.69) is 24.1 Å². The molecule has 0 radical (unpaired) electrons. The molecule has 57 heavy (non-hydrogen) atoms. The van der Waals surface area contributed by atoms with Crippen molar-refractivity contribution >= 4 is 35.1 Å². The molecule has 4 aliphatic heterocycles.